The molecule has 194 valence electrons. The lowest BCUT2D eigenvalue weighted by Gasteiger charge is -2.35. The van der Waals surface area contributed by atoms with E-state index in [1.807, 2.05) is 18.2 Å². The number of ether oxygens (including phenoxy) is 1. The summed E-state index contributed by atoms with van der Waals surface area (Å²) in [5, 5.41) is 0. The number of rotatable bonds is 8. The molecule has 1 fully saturated rings. The molecule has 3 aromatic rings. The van der Waals surface area contributed by atoms with Crippen LogP contribution >= 0.6 is 0 Å². The number of benzene rings is 2. The highest BCUT2D eigenvalue weighted by molar-refractivity contribution is 7.89. The van der Waals surface area contributed by atoms with Gasteiger partial charge < -0.3 is 19.0 Å². The first-order valence-electron chi connectivity index (χ1n) is 11.7. The van der Waals surface area contributed by atoms with Crippen LogP contribution in [-0.2, 0) is 26.1 Å². The SMILES string of the molecule is C[C@@H](OC(=O)c1cccc(S(=O)(=O)NCc2ccccc2)c1)C(=O)N1CCN(C(=O)c2ccco2)CC1. The number of nitrogens with zero attached hydrogens (tertiary/aromatic N) is 2. The number of amides is 2. The molecule has 0 saturated carbocycles. The summed E-state index contributed by atoms with van der Waals surface area (Å²) < 4.78 is 38.4. The van der Waals surface area contributed by atoms with Crippen LogP contribution in [0, 0.1) is 0 Å². The van der Waals surface area contributed by atoms with Crippen molar-refractivity contribution in [3.8, 4) is 0 Å². The van der Waals surface area contributed by atoms with Gasteiger partial charge in [-0.2, -0.15) is 0 Å². The molecule has 1 aromatic heterocycles. The van der Waals surface area contributed by atoms with Crippen molar-refractivity contribution >= 4 is 27.8 Å². The van der Waals surface area contributed by atoms with Crippen molar-refractivity contribution in [2.75, 3.05) is 26.2 Å². The third-order valence-electron chi connectivity index (χ3n) is 5.93. The molecule has 10 nitrogen and oxygen atoms in total. The van der Waals surface area contributed by atoms with Gasteiger partial charge in [0, 0.05) is 32.7 Å². The Morgan fingerprint density at radius 3 is 2.32 bits per heavy atom. The highest BCUT2D eigenvalue weighted by atomic mass is 32.2. The molecule has 1 N–H and O–H groups in total. The molecular formula is C26H27N3O7S. The number of sulfonamides is 1. The van der Waals surface area contributed by atoms with Gasteiger partial charge in [0.1, 0.15) is 0 Å². The van der Waals surface area contributed by atoms with E-state index in [-0.39, 0.29) is 41.8 Å². The fourth-order valence-electron chi connectivity index (χ4n) is 3.87. The first-order valence-corrected chi connectivity index (χ1v) is 13.2. The Morgan fingerprint density at radius 1 is 0.946 bits per heavy atom. The second-order valence-electron chi connectivity index (χ2n) is 8.48. The number of esters is 1. The van der Waals surface area contributed by atoms with Crippen molar-refractivity contribution in [3.05, 3.63) is 89.9 Å². The predicted molar refractivity (Wildman–Crippen MR) is 133 cm³/mol. The van der Waals surface area contributed by atoms with Crippen LogP contribution in [0.5, 0.6) is 0 Å². The van der Waals surface area contributed by atoms with Crippen molar-refractivity contribution < 1.29 is 32.0 Å². The normalized spacial score (nSPS) is 14.7. The van der Waals surface area contributed by atoms with Crippen LogP contribution in [0.15, 0.2) is 82.3 Å². The predicted octanol–water partition coefficient (Wildman–Crippen LogP) is 2.29. The van der Waals surface area contributed by atoms with Gasteiger partial charge in [-0.3, -0.25) is 9.59 Å². The summed E-state index contributed by atoms with van der Waals surface area (Å²) in [6.07, 6.45) is 0.339. The maximum atomic E-state index is 12.8. The quantitative estimate of drug-likeness (QED) is 0.447. The first kappa shape index (κ1) is 26.1. The highest BCUT2D eigenvalue weighted by Gasteiger charge is 2.30. The third kappa shape index (κ3) is 6.43. The molecule has 0 bridgehead atoms. The summed E-state index contributed by atoms with van der Waals surface area (Å²) in [5.41, 5.74) is 0.802. The highest BCUT2D eigenvalue weighted by Crippen LogP contribution is 2.16. The lowest BCUT2D eigenvalue weighted by atomic mass is 10.2. The van der Waals surface area contributed by atoms with Crippen LogP contribution in [-0.4, -0.2) is 68.3 Å². The van der Waals surface area contributed by atoms with Crippen LogP contribution in [0.25, 0.3) is 0 Å². The smallest absolute Gasteiger partial charge is 0.338 e. The molecule has 0 unspecified atom stereocenters. The molecule has 0 aliphatic carbocycles. The summed E-state index contributed by atoms with van der Waals surface area (Å²) in [7, 11) is -3.88. The van der Waals surface area contributed by atoms with Gasteiger partial charge in [-0.15, -0.1) is 0 Å². The van der Waals surface area contributed by atoms with Crippen LogP contribution in [0.3, 0.4) is 0 Å². The molecule has 1 aliphatic heterocycles. The molecule has 1 atom stereocenters. The monoisotopic (exact) mass is 525 g/mol. The van der Waals surface area contributed by atoms with Gasteiger partial charge in [0.05, 0.1) is 16.7 Å². The topological polar surface area (TPSA) is 126 Å². The Balaban J connectivity index is 1.32. The van der Waals surface area contributed by atoms with E-state index in [0.717, 1.165) is 5.56 Å². The molecule has 1 aliphatic rings. The number of piperazine rings is 1. The second kappa shape index (κ2) is 11.4. The average molecular weight is 526 g/mol. The zero-order valence-electron chi connectivity index (χ0n) is 20.2. The Morgan fingerprint density at radius 2 is 1.65 bits per heavy atom. The molecule has 2 amide bonds. The van der Waals surface area contributed by atoms with Gasteiger partial charge in [0.15, 0.2) is 11.9 Å². The molecule has 11 heteroatoms. The Hall–Kier alpha value is -3.96. The average Bonchev–Trinajstić information content (AvgIpc) is 3.47. The minimum Gasteiger partial charge on any atom is -0.459 e. The minimum atomic E-state index is -3.88. The van der Waals surface area contributed by atoms with Gasteiger partial charge in [-0.1, -0.05) is 36.4 Å². The number of furan rings is 1. The summed E-state index contributed by atoms with van der Waals surface area (Å²) >= 11 is 0. The van der Waals surface area contributed by atoms with Gasteiger partial charge in [-0.25, -0.2) is 17.9 Å². The largest absolute Gasteiger partial charge is 0.459 e. The van der Waals surface area contributed by atoms with Crippen LogP contribution < -0.4 is 4.72 Å². The molecule has 2 aromatic carbocycles. The Labute approximate surface area is 214 Å². The first-order chi connectivity index (χ1) is 17.7. The second-order valence-corrected chi connectivity index (χ2v) is 10.2. The molecule has 4 rings (SSSR count). The fourth-order valence-corrected chi connectivity index (χ4v) is 4.93. The molecule has 2 heterocycles. The van der Waals surface area contributed by atoms with Gasteiger partial charge in [0.2, 0.25) is 10.0 Å². The van der Waals surface area contributed by atoms with Crippen LogP contribution in [0.1, 0.15) is 33.4 Å². The summed E-state index contributed by atoms with van der Waals surface area (Å²) in [4.78, 5) is 41.0. The number of nitrogens with one attached hydrogen (secondary N) is 1. The summed E-state index contributed by atoms with van der Waals surface area (Å²) in [6, 6.07) is 17.7. The van der Waals surface area contributed by atoms with Crippen molar-refractivity contribution in [1.82, 2.24) is 14.5 Å². The maximum absolute atomic E-state index is 12.8. The fraction of sp³-hybridized carbons (Fsp3) is 0.269. The van der Waals surface area contributed by atoms with Crippen molar-refractivity contribution in [2.45, 2.75) is 24.5 Å². The molecule has 1 saturated heterocycles. The lowest BCUT2D eigenvalue weighted by molar-refractivity contribution is -0.141. The van der Waals surface area contributed by atoms with Crippen molar-refractivity contribution in [1.29, 1.82) is 0 Å². The zero-order chi connectivity index (χ0) is 26.4. The molecule has 0 radical (unpaired) electrons. The van der Waals surface area contributed by atoms with Gasteiger partial charge >= 0.3 is 5.97 Å². The minimum absolute atomic E-state index is 0.0103. The number of carbonyl (C=O) groups excluding carboxylic acids is 3. The number of hydrogen-bond acceptors (Lipinski definition) is 7. The lowest BCUT2D eigenvalue weighted by Crippen LogP contribution is -2.53. The third-order valence-corrected chi connectivity index (χ3v) is 7.33. The number of carbonyl (C=O) groups is 3. The molecule has 37 heavy (non-hydrogen) atoms. The summed E-state index contributed by atoms with van der Waals surface area (Å²) in [6.45, 7) is 2.78. The van der Waals surface area contributed by atoms with E-state index in [4.69, 9.17) is 9.15 Å². The van der Waals surface area contributed by atoms with E-state index in [1.54, 1.807) is 29.2 Å². The van der Waals surface area contributed by atoms with E-state index >= 15 is 0 Å². The van der Waals surface area contributed by atoms with E-state index < -0.39 is 28.0 Å². The van der Waals surface area contributed by atoms with E-state index in [2.05, 4.69) is 4.72 Å². The Kier molecular flexibility index (Phi) is 8.04. The standard InChI is InChI=1S/C26H27N3O7S/c1-19(24(30)28-12-14-29(15-13-28)25(31)23-11-6-16-35-23)36-26(32)21-9-5-10-22(17-21)37(33,34)27-18-20-7-3-2-4-8-20/h2-11,16-17,19,27H,12-15,18H2,1H3/t19-/m1/s1. The maximum Gasteiger partial charge on any atom is 0.338 e. The van der Waals surface area contributed by atoms with Crippen molar-refractivity contribution in [3.63, 3.8) is 0 Å². The van der Waals surface area contributed by atoms with Gasteiger partial charge in [0.25, 0.3) is 11.8 Å². The van der Waals surface area contributed by atoms with E-state index in [0.29, 0.717) is 13.1 Å². The van der Waals surface area contributed by atoms with Gasteiger partial charge in [-0.05, 0) is 42.8 Å². The van der Waals surface area contributed by atoms with Crippen molar-refractivity contribution in [2.24, 2.45) is 0 Å². The zero-order valence-corrected chi connectivity index (χ0v) is 21.0. The molecular weight excluding hydrogens is 498 g/mol. The number of hydrogen-bond donors (Lipinski definition) is 1. The van der Waals surface area contributed by atoms with E-state index in [9.17, 15) is 22.8 Å². The van der Waals surface area contributed by atoms with Crippen LogP contribution in [0.2, 0.25) is 0 Å². The van der Waals surface area contributed by atoms with E-state index in [1.165, 1.54) is 42.4 Å². The van der Waals surface area contributed by atoms with Crippen LogP contribution in [0.4, 0.5) is 0 Å². The molecule has 0 spiro atoms. The summed E-state index contributed by atoms with van der Waals surface area (Å²) in [5.74, 6) is -1.22. The Bertz CT molecular complexity index is 1350.